The molecule has 0 spiro atoms. The third kappa shape index (κ3) is 9.33. The van der Waals surface area contributed by atoms with E-state index in [1.807, 2.05) is 0 Å². The molecule has 136 valence electrons. The van der Waals surface area contributed by atoms with Crippen LogP contribution in [0.1, 0.15) is 66.2 Å². The first-order chi connectivity index (χ1) is 11.0. The van der Waals surface area contributed by atoms with Crippen LogP contribution in [0.25, 0.3) is 0 Å². The summed E-state index contributed by atoms with van der Waals surface area (Å²) in [5.74, 6) is -0.170. The van der Waals surface area contributed by atoms with Crippen molar-refractivity contribution in [3.8, 4) is 0 Å². The molecule has 2 unspecified atom stereocenters. The third-order valence-electron chi connectivity index (χ3n) is 3.56. The number of β-lactam (4-membered cyclic amide) rings is 1. The maximum Gasteiger partial charge on any atom is 0.250 e. The second-order valence-electron chi connectivity index (χ2n) is 6.03. The zero-order valence-electron chi connectivity index (χ0n) is 15.1. The van der Waals surface area contributed by atoms with E-state index in [0.717, 1.165) is 37.3 Å². The van der Waals surface area contributed by atoms with Crippen LogP contribution >= 0.6 is 12.6 Å². The third-order valence-corrected chi connectivity index (χ3v) is 4.11. The Bertz CT molecular complexity index is 327. The van der Waals surface area contributed by atoms with Gasteiger partial charge in [-0.15, -0.1) is 0 Å². The Morgan fingerprint density at radius 3 is 2.30 bits per heavy atom. The van der Waals surface area contributed by atoms with Gasteiger partial charge < -0.3 is 10.1 Å². The average Bonchev–Trinajstić information content (AvgIpc) is 2.52. The van der Waals surface area contributed by atoms with Gasteiger partial charge in [0.15, 0.2) is 0 Å². The summed E-state index contributed by atoms with van der Waals surface area (Å²) in [6.45, 7) is 10.2. The second kappa shape index (κ2) is 13.8. The molecule has 1 rings (SSSR count). The smallest absolute Gasteiger partial charge is 0.250 e. The first-order valence-electron chi connectivity index (χ1n) is 8.80. The van der Waals surface area contributed by atoms with Gasteiger partial charge in [-0.3, -0.25) is 14.5 Å². The Hall–Kier alpha value is -0.590. The van der Waals surface area contributed by atoms with Crippen LogP contribution in [-0.2, 0) is 14.3 Å². The van der Waals surface area contributed by atoms with Crippen LogP contribution in [0.15, 0.2) is 0 Å². The molecule has 0 aromatic carbocycles. The minimum Gasteiger partial charge on any atom is -0.379 e. The van der Waals surface area contributed by atoms with Gasteiger partial charge in [-0.2, -0.15) is 12.6 Å². The largest absolute Gasteiger partial charge is 0.379 e. The van der Waals surface area contributed by atoms with E-state index in [1.54, 1.807) is 0 Å². The standard InChI is InChI=1S/C9H16N2O2S.C8H18O/c1-2-3-4-5-10-7-8(13)11(6-12)9(7)14;1-4-5-6-7-9-8(2)3/h6-7,9-10,14H,2-5H2,1H3;8H,4-7H2,1-3H3. The average molecular weight is 347 g/mol. The van der Waals surface area contributed by atoms with Crippen molar-refractivity contribution >= 4 is 24.9 Å². The normalized spacial score (nSPS) is 20.1. The summed E-state index contributed by atoms with van der Waals surface area (Å²) in [7, 11) is 0. The Morgan fingerprint density at radius 1 is 1.22 bits per heavy atom. The number of rotatable bonds is 11. The van der Waals surface area contributed by atoms with Gasteiger partial charge in [0.05, 0.1) is 6.10 Å². The van der Waals surface area contributed by atoms with E-state index in [4.69, 9.17) is 4.74 Å². The monoisotopic (exact) mass is 346 g/mol. The number of hydrogen-bond acceptors (Lipinski definition) is 5. The molecule has 0 saturated carbocycles. The van der Waals surface area contributed by atoms with Crippen LogP contribution in [0.2, 0.25) is 0 Å². The van der Waals surface area contributed by atoms with Gasteiger partial charge in [-0.25, -0.2) is 0 Å². The molecule has 0 aromatic rings. The van der Waals surface area contributed by atoms with E-state index in [1.165, 1.54) is 19.3 Å². The zero-order valence-corrected chi connectivity index (χ0v) is 16.0. The Labute approximate surface area is 146 Å². The van der Waals surface area contributed by atoms with Crippen molar-refractivity contribution < 1.29 is 14.3 Å². The van der Waals surface area contributed by atoms with Crippen LogP contribution in [0, 0.1) is 0 Å². The fraction of sp³-hybridized carbons (Fsp3) is 0.882. The summed E-state index contributed by atoms with van der Waals surface area (Å²) in [4.78, 5) is 22.7. The molecule has 2 atom stereocenters. The maximum atomic E-state index is 11.3. The van der Waals surface area contributed by atoms with Crippen molar-refractivity contribution in [3.63, 3.8) is 0 Å². The lowest BCUT2D eigenvalue weighted by atomic mass is 10.1. The fourth-order valence-electron chi connectivity index (χ4n) is 2.11. The van der Waals surface area contributed by atoms with Crippen LogP contribution in [0.3, 0.4) is 0 Å². The molecule has 23 heavy (non-hydrogen) atoms. The number of hydrogen-bond donors (Lipinski definition) is 2. The Kier molecular flexibility index (Phi) is 13.5. The van der Waals surface area contributed by atoms with E-state index in [2.05, 4.69) is 45.6 Å². The molecule has 1 N–H and O–H groups in total. The highest BCUT2D eigenvalue weighted by atomic mass is 32.1. The van der Waals surface area contributed by atoms with Gasteiger partial charge in [0.25, 0.3) is 0 Å². The maximum absolute atomic E-state index is 11.3. The minimum absolute atomic E-state index is 0.170. The van der Waals surface area contributed by atoms with Gasteiger partial charge in [-0.1, -0.05) is 39.5 Å². The number of nitrogens with zero attached hydrogens (tertiary/aromatic N) is 1. The number of amides is 2. The number of imide groups is 1. The predicted octanol–water partition coefficient (Wildman–Crippen LogP) is 2.99. The van der Waals surface area contributed by atoms with Crippen molar-refractivity contribution in [1.29, 1.82) is 0 Å². The highest BCUT2D eigenvalue weighted by Gasteiger charge is 2.44. The summed E-state index contributed by atoms with van der Waals surface area (Å²) in [5, 5.41) is 2.80. The van der Waals surface area contributed by atoms with Gasteiger partial charge in [0.1, 0.15) is 11.4 Å². The Balaban J connectivity index is 0.000000468. The molecule has 5 nitrogen and oxygen atoms in total. The van der Waals surface area contributed by atoms with Crippen molar-refractivity contribution in [2.24, 2.45) is 0 Å². The predicted molar refractivity (Wildman–Crippen MR) is 97.6 cm³/mol. The number of ether oxygens (including phenoxy) is 1. The lowest BCUT2D eigenvalue weighted by Crippen LogP contribution is -2.67. The molecular weight excluding hydrogens is 312 g/mol. The van der Waals surface area contributed by atoms with Gasteiger partial charge in [-0.05, 0) is 33.2 Å². The summed E-state index contributed by atoms with van der Waals surface area (Å²) in [5.41, 5.74) is 0. The lowest BCUT2D eigenvalue weighted by Gasteiger charge is -2.40. The number of carbonyl (C=O) groups excluding carboxylic acids is 2. The quantitative estimate of drug-likeness (QED) is 0.261. The first kappa shape index (κ1) is 22.4. The van der Waals surface area contributed by atoms with E-state index < -0.39 is 0 Å². The SMILES string of the molecule is CCCCCNC1C(=O)N(C=O)C1S.CCCCCOC(C)C. The van der Waals surface area contributed by atoms with Gasteiger partial charge in [0.2, 0.25) is 12.3 Å². The summed E-state index contributed by atoms with van der Waals surface area (Å²) < 4.78 is 5.34. The highest BCUT2D eigenvalue weighted by Crippen LogP contribution is 2.20. The molecular formula is C17H34N2O3S. The molecule has 1 aliphatic rings. The Morgan fingerprint density at radius 2 is 1.83 bits per heavy atom. The highest BCUT2D eigenvalue weighted by molar-refractivity contribution is 7.81. The van der Waals surface area contributed by atoms with E-state index >= 15 is 0 Å². The molecule has 1 saturated heterocycles. The van der Waals surface area contributed by atoms with E-state index in [0.29, 0.717) is 12.5 Å². The molecule has 6 heteroatoms. The first-order valence-corrected chi connectivity index (χ1v) is 9.31. The fourth-order valence-corrected chi connectivity index (χ4v) is 2.51. The van der Waals surface area contributed by atoms with E-state index in [-0.39, 0.29) is 17.3 Å². The van der Waals surface area contributed by atoms with Crippen molar-refractivity contribution in [2.45, 2.75) is 83.7 Å². The van der Waals surface area contributed by atoms with Crippen LogP contribution in [0.5, 0.6) is 0 Å². The number of likely N-dealkylation sites (tertiary alicyclic amines) is 1. The van der Waals surface area contributed by atoms with E-state index in [9.17, 15) is 9.59 Å². The number of nitrogens with one attached hydrogen (secondary N) is 1. The van der Waals surface area contributed by atoms with Crippen LogP contribution < -0.4 is 5.32 Å². The molecule has 0 aliphatic carbocycles. The van der Waals surface area contributed by atoms with Crippen molar-refractivity contribution in [1.82, 2.24) is 10.2 Å². The molecule has 1 fully saturated rings. The molecule has 0 bridgehead atoms. The second-order valence-corrected chi connectivity index (χ2v) is 6.56. The molecule has 0 radical (unpaired) electrons. The number of carbonyl (C=O) groups is 2. The topological polar surface area (TPSA) is 58.6 Å². The molecule has 1 aliphatic heterocycles. The van der Waals surface area contributed by atoms with Crippen LogP contribution in [0.4, 0.5) is 0 Å². The van der Waals surface area contributed by atoms with Crippen molar-refractivity contribution in [2.75, 3.05) is 13.2 Å². The number of unbranched alkanes of at least 4 members (excludes halogenated alkanes) is 4. The van der Waals surface area contributed by atoms with Gasteiger partial charge in [0, 0.05) is 6.61 Å². The van der Waals surface area contributed by atoms with Gasteiger partial charge >= 0.3 is 0 Å². The van der Waals surface area contributed by atoms with Crippen molar-refractivity contribution in [3.05, 3.63) is 0 Å². The molecule has 2 amide bonds. The zero-order chi connectivity index (χ0) is 17.7. The lowest BCUT2D eigenvalue weighted by molar-refractivity contribution is -0.151. The molecule has 1 heterocycles. The summed E-state index contributed by atoms with van der Waals surface area (Å²) >= 11 is 4.15. The number of thiol groups is 1. The van der Waals surface area contributed by atoms with Crippen LogP contribution in [-0.4, -0.2) is 47.9 Å². The molecule has 0 aromatic heterocycles. The minimum atomic E-state index is -0.290. The summed E-state index contributed by atoms with van der Waals surface area (Å²) in [6, 6.07) is -0.277. The summed E-state index contributed by atoms with van der Waals surface area (Å²) in [6.07, 6.45) is 8.10.